The lowest BCUT2D eigenvalue weighted by atomic mass is 9.93. The van der Waals surface area contributed by atoms with E-state index in [0.717, 1.165) is 19.3 Å². The third kappa shape index (κ3) is 1.91. The zero-order chi connectivity index (χ0) is 13.3. The monoisotopic (exact) mass is 251 g/mol. The largest absolute Gasteiger partial charge is 0.382 e. The minimum Gasteiger partial charge on any atom is -0.382 e. The van der Waals surface area contributed by atoms with Gasteiger partial charge in [0.05, 0.1) is 6.33 Å². The van der Waals surface area contributed by atoms with E-state index in [1.807, 2.05) is 4.57 Å². The van der Waals surface area contributed by atoms with E-state index < -0.39 is 6.08 Å². The van der Waals surface area contributed by atoms with Crippen molar-refractivity contribution in [2.45, 2.75) is 45.6 Å². The number of aromatic nitrogens is 4. The fourth-order valence-corrected chi connectivity index (χ4v) is 2.30. The maximum Gasteiger partial charge on any atom is 0.312 e. The zero-order valence-electron chi connectivity index (χ0n) is 10.9. The molecule has 0 aliphatic rings. The minimum atomic E-state index is -0.809. The van der Waals surface area contributed by atoms with Gasteiger partial charge in [0.2, 0.25) is 0 Å². The molecule has 0 aliphatic carbocycles. The van der Waals surface area contributed by atoms with Crippen molar-refractivity contribution < 1.29 is 4.39 Å². The van der Waals surface area contributed by atoms with Crippen molar-refractivity contribution in [3.8, 4) is 0 Å². The Morgan fingerprint density at radius 3 is 2.72 bits per heavy atom. The smallest absolute Gasteiger partial charge is 0.312 e. The first-order chi connectivity index (χ1) is 8.51. The molecular formula is C12H18FN5. The van der Waals surface area contributed by atoms with E-state index in [1.165, 1.54) is 0 Å². The number of imidazole rings is 1. The molecule has 1 unspecified atom stereocenters. The molecule has 0 saturated carbocycles. The SMILES string of the molecule is CCCC(C)(CC)n1cnc2c(N)nc(F)nc21. The topological polar surface area (TPSA) is 69.6 Å². The Kier molecular flexibility index (Phi) is 3.19. The fourth-order valence-electron chi connectivity index (χ4n) is 2.30. The van der Waals surface area contributed by atoms with Crippen LogP contribution in [0.25, 0.3) is 11.2 Å². The van der Waals surface area contributed by atoms with Crippen molar-refractivity contribution in [1.29, 1.82) is 0 Å². The van der Waals surface area contributed by atoms with E-state index in [1.54, 1.807) is 6.33 Å². The maximum atomic E-state index is 13.3. The highest BCUT2D eigenvalue weighted by molar-refractivity contribution is 5.81. The van der Waals surface area contributed by atoms with Crippen LogP contribution in [-0.4, -0.2) is 19.5 Å². The van der Waals surface area contributed by atoms with Crippen LogP contribution >= 0.6 is 0 Å². The molecule has 0 bridgehead atoms. The van der Waals surface area contributed by atoms with E-state index in [9.17, 15) is 4.39 Å². The van der Waals surface area contributed by atoms with Gasteiger partial charge in [0.25, 0.3) is 0 Å². The quantitative estimate of drug-likeness (QED) is 0.847. The number of hydrogen-bond donors (Lipinski definition) is 1. The molecule has 0 amide bonds. The molecule has 5 nitrogen and oxygen atoms in total. The Bertz CT molecular complexity index is 565. The Morgan fingerprint density at radius 2 is 2.11 bits per heavy atom. The fraction of sp³-hybridized carbons (Fsp3) is 0.583. The van der Waals surface area contributed by atoms with Gasteiger partial charge in [-0.1, -0.05) is 20.3 Å². The second-order valence-electron chi connectivity index (χ2n) is 4.77. The van der Waals surface area contributed by atoms with Gasteiger partial charge in [-0.2, -0.15) is 14.4 Å². The third-order valence-corrected chi connectivity index (χ3v) is 3.53. The molecule has 0 spiro atoms. The summed E-state index contributed by atoms with van der Waals surface area (Å²) in [5, 5.41) is 0. The molecule has 2 aromatic rings. The molecule has 2 heterocycles. The van der Waals surface area contributed by atoms with Crippen LogP contribution in [0.5, 0.6) is 0 Å². The molecule has 2 rings (SSSR count). The van der Waals surface area contributed by atoms with Crippen LogP contribution < -0.4 is 5.73 Å². The van der Waals surface area contributed by atoms with Crippen molar-refractivity contribution >= 4 is 17.0 Å². The Balaban J connectivity index is 2.64. The van der Waals surface area contributed by atoms with Gasteiger partial charge in [0, 0.05) is 5.54 Å². The normalized spacial score (nSPS) is 14.9. The van der Waals surface area contributed by atoms with Crippen LogP contribution in [0.1, 0.15) is 40.0 Å². The molecule has 0 aromatic carbocycles. The highest BCUT2D eigenvalue weighted by Gasteiger charge is 2.26. The van der Waals surface area contributed by atoms with Crippen LogP contribution in [0.3, 0.4) is 0 Å². The summed E-state index contributed by atoms with van der Waals surface area (Å²) in [5.74, 6) is 0.0891. The number of nitrogens with zero attached hydrogens (tertiary/aromatic N) is 4. The number of fused-ring (bicyclic) bond motifs is 1. The van der Waals surface area contributed by atoms with Crippen LogP contribution in [0.15, 0.2) is 6.33 Å². The van der Waals surface area contributed by atoms with Crippen LogP contribution in [0, 0.1) is 6.08 Å². The highest BCUT2D eigenvalue weighted by atomic mass is 19.1. The minimum absolute atomic E-state index is 0.0891. The lowest BCUT2D eigenvalue weighted by molar-refractivity contribution is 0.285. The molecule has 1 atom stereocenters. The Labute approximate surface area is 105 Å². The summed E-state index contributed by atoms with van der Waals surface area (Å²) in [6.07, 6.45) is 3.79. The first-order valence-electron chi connectivity index (χ1n) is 6.18. The molecular weight excluding hydrogens is 233 g/mol. The predicted molar refractivity (Wildman–Crippen MR) is 68.5 cm³/mol. The molecule has 98 valence electrons. The van der Waals surface area contributed by atoms with Gasteiger partial charge in [-0.15, -0.1) is 0 Å². The first-order valence-corrected chi connectivity index (χ1v) is 6.18. The third-order valence-electron chi connectivity index (χ3n) is 3.53. The van der Waals surface area contributed by atoms with Gasteiger partial charge < -0.3 is 10.3 Å². The van der Waals surface area contributed by atoms with Crippen molar-refractivity contribution in [3.05, 3.63) is 12.4 Å². The number of hydrogen-bond acceptors (Lipinski definition) is 4. The highest BCUT2D eigenvalue weighted by Crippen LogP contribution is 2.30. The standard InChI is InChI=1S/C12H18FN5/c1-4-6-12(3,5-2)18-7-15-8-9(14)16-11(13)17-10(8)18/h7H,4-6H2,1-3H3,(H2,14,16,17). The van der Waals surface area contributed by atoms with Crippen LogP contribution in [0.2, 0.25) is 0 Å². The summed E-state index contributed by atoms with van der Waals surface area (Å²) in [5.41, 5.74) is 6.47. The average Bonchev–Trinajstić information content (AvgIpc) is 2.73. The summed E-state index contributed by atoms with van der Waals surface area (Å²) in [6, 6.07) is 0. The maximum absolute atomic E-state index is 13.3. The van der Waals surface area contributed by atoms with E-state index >= 15 is 0 Å². The summed E-state index contributed by atoms with van der Waals surface area (Å²) < 4.78 is 15.2. The summed E-state index contributed by atoms with van der Waals surface area (Å²) in [6.45, 7) is 6.34. The number of anilines is 1. The number of nitrogens with two attached hydrogens (primary N) is 1. The summed E-state index contributed by atoms with van der Waals surface area (Å²) in [4.78, 5) is 11.5. The van der Waals surface area contributed by atoms with E-state index in [-0.39, 0.29) is 11.4 Å². The average molecular weight is 251 g/mol. The first kappa shape index (κ1) is 12.7. The number of nitrogen functional groups attached to an aromatic ring is 1. The van der Waals surface area contributed by atoms with E-state index in [0.29, 0.717) is 11.2 Å². The van der Waals surface area contributed by atoms with Crippen molar-refractivity contribution in [2.24, 2.45) is 0 Å². The number of rotatable bonds is 4. The molecule has 0 saturated heterocycles. The molecule has 2 aromatic heterocycles. The lowest BCUT2D eigenvalue weighted by Crippen LogP contribution is -2.28. The molecule has 6 heteroatoms. The van der Waals surface area contributed by atoms with E-state index in [4.69, 9.17) is 5.73 Å². The van der Waals surface area contributed by atoms with Crippen LogP contribution in [0.4, 0.5) is 10.2 Å². The predicted octanol–water partition coefficient (Wildman–Crippen LogP) is 2.47. The van der Waals surface area contributed by atoms with Crippen LogP contribution in [-0.2, 0) is 5.54 Å². The van der Waals surface area contributed by atoms with Gasteiger partial charge >= 0.3 is 6.08 Å². The van der Waals surface area contributed by atoms with Crippen molar-refractivity contribution in [2.75, 3.05) is 5.73 Å². The molecule has 2 N–H and O–H groups in total. The molecule has 0 fully saturated rings. The molecule has 18 heavy (non-hydrogen) atoms. The van der Waals surface area contributed by atoms with Gasteiger partial charge in [0.15, 0.2) is 11.5 Å². The Morgan fingerprint density at radius 1 is 1.39 bits per heavy atom. The molecule has 0 radical (unpaired) electrons. The van der Waals surface area contributed by atoms with Crippen molar-refractivity contribution in [3.63, 3.8) is 0 Å². The van der Waals surface area contributed by atoms with Gasteiger partial charge in [-0.05, 0) is 19.8 Å². The van der Waals surface area contributed by atoms with E-state index in [2.05, 4.69) is 35.7 Å². The Hall–Kier alpha value is -1.72. The molecule has 0 aliphatic heterocycles. The van der Waals surface area contributed by atoms with Gasteiger partial charge in [-0.25, -0.2) is 4.98 Å². The lowest BCUT2D eigenvalue weighted by Gasteiger charge is -2.30. The van der Waals surface area contributed by atoms with Gasteiger partial charge in [-0.3, -0.25) is 0 Å². The van der Waals surface area contributed by atoms with Gasteiger partial charge in [0.1, 0.15) is 5.52 Å². The summed E-state index contributed by atoms with van der Waals surface area (Å²) >= 11 is 0. The summed E-state index contributed by atoms with van der Waals surface area (Å²) in [7, 11) is 0. The second-order valence-corrected chi connectivity index (χ2v) is 4.77. The zero-order valence-corrected chi connectivity index (χ0v) is 10.9. The second kappa shape index (κ2) is 4.51. The number of halogens is 1. The van der Waals surface area contributed by atoms with Crippen molar-refractivity contribution in [1.82, 2.24) is 19.5 Å².